The van der Waals surface area contributed by atoms with Crippen molar-refractivity contribution in [3.05, 3.63) is 46.9 Å². The van der Waals surface area contributed by atoms with Crippen LogP contribution in [0.1, 0.15) is 29.2 Å². The van der Waals surface area contributed by atoms with Crippen LogP contribution in [-0.4, -0.2) is 16.2 Å². The molecule has 4 nitrogen and oxygen atoms in total. The summed E-state index contributed by atoms with van der Waals surface area (Å²) in [4.78, 5) is 11.5. The molecule has 92 valence electrons. The molecule has 3 rings (SSSR count). The number of carbonyl (C=O) groups is 1. The van der Waals surface area contributed by atoms with Gasteiger partial charge in [-0.15, -0.1) is 5.10 Å². The number of hydrogen-bond acceptors (Lipinski definition) is 3. The van der Waals surface area contributed by atoms with Crippen molar-refractivity contribution in [2.45, 2.75) is 19.3 Å². The number of aryl methyl sites for hydroxylation is 1. The minimum absolute atomic E-state index is 0.124. The molecule has 1 aromatic heterocycles. The van der Waals surface area contributed by atoms with Crippen LogP contribution in [0.4, 0.5) is 4.39 Å². The summed E-state index contributed by atoms with van der Waals surface area (Å²) < 4.78 is 18.0. The highest BCUT2D eigenvalue weighted by Crippen LogP contribution is 2.39. The fourth-order valence-electron chi connectivity index (χ4n) is 2.30. The molecule has 0 bridgehead atoms. The number of aromatic amines is 1. The van der Waals surface area contributed by atoms with Crippen LogP contribution in [0.2, 0.25) is 0 Å². The Bertz CT molecular complexity index is 604. The van der Waals surface area contributed by atoms with Crippen molar-refractivity contribution >= 4 is 5.97 Å². The van der Waals surface area contributed by atoms with E-state index < -0.39 is 0 Å². The Morgan fingerprint density at radius 1 is 1.39 bits per heavy atom. The van der Waals surface area contributed by atoms with Crippen molar-refractivity contribution in [2.75, 3.05) is 0 Å². The summed E-state index contributed by atoms with van der Waals surface area (Å²) in [6.07, 6.45) is 0.249. The lowest BCUT2D eigenvalue weighted by Gasteiger charge is -2.21. The maximum Gasteiger partial charge on any atom is 0.313 e. The van der Waals surface area contributed by atoms with Crippen molar-refractivity contribution in [2.24, 2.45) is 0 Å². The van der Waals surface area contributed by atoms with Gasteiger partial charge >= 0.3 is 5.97 Å². The van der Waals surface area contributed by atoms with E-state index in [1.807, 2.05) is 6.92 Å². The lowest BCUT2D eigenvalue weighted by molar-refractivity contribution is -0.135. The highest BCUT2D eigenvalue weighted by Gasteiger charge is 2.32. The van der Waals surface area contributed by atoms with Crippen molar-refractivity contribution in [1.29, 1.82) is 0 Å². The lowest BCUT2D eigenvalue weighted by atomic mass is 9.87. The van der Waals surface area contributed by atoms with Crippen LogP contribution in [0.5, 0.6) is 5.88 Å². The minimum atomic E-state index is -0.316. The van der Waals surface area contributed by atoms with E-state index in [1.54, 1.807) is 12.1 Å². The Labute approximate surface area is 103 Å². The van der Waals surface area contributed by atoms with Crippen molar-refractivity contribution in [1.82, 2.24) is 10.2 Å². The van der Waals surface area contributed by atoms with E-state index in [-0.39, 0.29) is 24.1 Å². The van der Waals surface area contributed by atoms with Gasteiger partial charge in [0, 0.05) is 17.2 Å². The summed E-state index contributed by atoms with van der Waals surface area (Å²) in [5.74, 6) is -0.400. The highest BCUT2D eigenvalue weighted by atomic mass is 19.1. The molecule has 2 aromatic rings. The highest BCUT2D eigenvalue weighted by molar-refractivity contribution is 5.77. The van der Waals surface area contributed by atoms with E-state index in [0.29, 0.717) is 5.88 Å². The van der Waals surface area contributed by atoms with Crippen LogP contribution in [-0.2, 0) is 4.79 Å². The zero-order valence-corrected chi connectivity index (χ0v) is 9.74. The molecule has 0 radical (unpaired) electrons. The first-order chi connectivity index (χ1) is 8.65. The zero-order chi connectivity index (χ0) is 12.7. The van der Waals surface area contributed by atoms with E-state index in [9.17, 15) is 9.18 Å². The third kappa shape index (κ3) is 1.68. The molecule has 0 amide bonds. The molecule has 1 aliphatic heterocycles. The number of H-pyrrole nitrogens is 1. The molecule has 1 aromatic carbocycles. The minimum Gasteiger partial charge on any atom is -0.405 e. The summed E-state index contributed by atoms with van der Waals surface area (Å²) in [5, 5.41) is 6.77. The van der Waals surface area contributed by atoms with Crippen LogP contribution < -0.4 is 4.74 Å². The second kappa shape index (κ2) is 3.94. The Hall–Kier alpha value is -2.17. The Morgan fingerprint density at radius 2 is 2.11 bits per heavy atom. The number of nitrogens with one attached hydrogen (secondary N) is 1. The van der Waals surface area contributed by atoms with E-state index in [0.717, 1.165) is 16.8 Å². The summed E-state index contributed by atoms with van der Waals surface area (Å²) >= 11 is 0. The van der Waals surface area contributed by atoms with Crippen molar-refractivity contribution in [3.63, 3.8) is 0 Å². The summed E-state index contributed by atoms with van der Waals surface area (Å²) in [6.45, 7) is 1.88. The molecule has 1 aliphatic rings. The Kier molecular flexibility index (Phi) is 2.40. The van der Waals surface area contributed by atoms with Crippen LogP contribution in [0.3, 0.4) is 0 Å². The van der Waals surface area contributed by atoms with Gasteiger partial charge < -0.3 is 4.74 Å². The van der Waals surface area contributed by atoms with Gasteiger partial charge in [0.05, 0.1) is 6.42 Å². The second-order valence-electron chi connectivity index (χ2n) is 4.35. The molecule has 0 aliphatic carbocycles. The van der Waals surface area contributed by atoms with Crippen molar-refractivity contribution < 1.29 is 13.9 Å². The number of hydrogen-bond donors (Lipinski definition) is 1. The number of aromatic nitrogens is 2. The molecule has 2 heterocycles. The van der Waals surface area contributed by atoms with Gasteiger partial charge in [-0.1, -0.05) is 12.1 Å². The molecule has 0 saturated heterocycles. The zero-order valence-electron chi connectivity index (χ0n) is 9.74. The molecule has 1 unspecified atom stereocenters. The van der Waals surface area contributed by atoms with Gasteiger partial charge in [0.15, 0.2) is 0 Å². The predicted octanol–water partition coefficient (Wildman–Crippen LogP) is 2.30. The SMILES string of the molecule is Cc1[nH]nc2c1C(c1ccc(F)cc1)CC(=O)O2. The largest absolute Gasteiger partial charge is 0.405 e. The number of benzene rings is 1. The summed E-state index contributed by atoms with van der Waals surface area (Å²) in [5.41, 5.74) is 2.63. The van der Waals surface area contributed by atoms with Crippen LogP contribution >= 0.6 is 0 Å². The van der Waals surface area contributed by atoms with Crippen molar-refractivity contribution in [3.8, 4) is 5.88 Å². The normalized spacial score (nSPS) is 18.3. The fourth-order valence-corrected chi connectivity index (χ4v) is 2.30. The number of halogens is 1. The molecule has 0 saturated carbocycles. The third-order valence-electron chi connectivity index (χ3n) is 3.16. The van der Waals surface area contributed by atoms with Crippen LogP contribution in [0, 0.1) is 12.7 Å². The molecular formula is C13H11FN2O2. The Morgan fingerprint density at radius 3 is 2.83 bits per heavy atom. The second-order valence-corrected chi connectivity index (χ2v) is 4.35. The number of nitrogens with zero attached hydrogens (tertiary/aromatic N) is 1. The van der Waals surface area contributed by atoms with Gasteiger partial charge in [-0.3, -0.25) is 9.89 Å². The average molecular weight is 246 g/mol. The van der Waals surface area contributed by atoms with Gasteiger partial charge in [0.2, 0.25) is 5.88 Å². The molecular weight excluding hydrogens is 235 g/mol. The van der Waals surface area contributed by atoms with E-state index in [1.165, 1.54) is 12.1 Å². The van der Waals surface area contributed by atoms with E-state index >= 15 is 0 Å². The first-order valence-electron chi connectivity index (χ1n) is 5.66. The standard InChI is InChI=1S/C13H11FN2O2/c1-7-12-10(8-2-4-9(14)5-3-8)6-11(17)18-13(12)16-15-7/h2-5,10H,6H2,1H3,(H,15,16). The Balaban J connectivity index is 2.09. The average Bonchev–Trinajstić information content (AvgIpc) is 2.71. The smallest absolute Gasteiger partial charge is 0.313 e. The molecule has 1 N–H and O–H groups in total. The summed E-state index contributed by atoms with van der Waals surface area (Å²) in [6, 6.07) is 6.17. The number of ether oxygens (including phenoxy) is 1. The fraction of sp³-hybridized carbons (Fsp3) is 0.231. The van der Waals surface area contributed by atoms with Crippen LogP contribution in [0.15, 0.2) is 24.3 Å². The number of carbonyl (C=O) groups excluding carboxylic acids is 1. The van der Waals surface area contributed by atoms with Gasteiger partial charge in [0.1, 0.15) is 5.82 Å². The van der Waals surface area contributed by atoms with Gasteiger partial charge in [-0.25, -0.2) is 4.39 Å². The molecule has 0 fully saturated rings. The molecule has 0 spiro atoms. The lowest BCUT2D eigenvalue weighted by Crippen LogP contribution is -2.20. The van der Waals surface area contributed by atoms with E-state index in [4.69, 9.17) is 4.74 Å². The third-order valence-corrected chi connectivity index (χ3v) is 3.16. The van der Waals surface area contributed by atoms with Crippen LogP contribution in [0.25, 0.3) is 0 Å². The van der Waals surface area contributed by atoms with Gasteiger partial charge in [-0.2, -0.15) is 0 Å². The molecule has 18 heavy (non-hydrogen) atoms. The number of rotatable bonds is 1. The first kappa shape index (κ1) is 11.0. The topological polar surface area (TPSA) is 55.0 Å². The predicted molar refractivity (Wildman–Crippen MR) is 61.8 cm³/mol. The number of esters is 1. The van der Waals surface area contributed by atoms with E-state index in [2.05, 4.69) is 10.2 Å². The molecule has 5 heteroatoms. The summed E-state index contributed by atoms with van der Waals surface area (Å²) in [7, 11) is 0. The maximum atomic E-state index is 12.9. The number of fused-ring (bicyclic) bond motifs is 1. The monoisotopic (exact) mass is 246 g/mol. The van der Waals surface area contributed by atoms with Gasteiger partial charge in [-0.05, 0) is 24.6 Å². The quantitative estimate of drug-likeness (QED) is 0.785. The molecule has 1 atom stereocenters. The maximum absolute atomic E-state index is 12.9. The first-order valence-corrected chi connectivity index (χ1v) is 5.66. The van der Waals surface area contributed by atoms with Gasteiger partial charge in [0.25, 0.3) is 0 Å².